The molecule has 5 rings (SSSR count). The smallest absolute Gasteiger partial charge is 0.265 e. The van der Waals surface area contributed by atoms with Gasteiger partial charge in [0.05, 0.1) is 23.3 Å². The van der Waals surface area contributed by atoms with Crippen molar-refractivity contribution < 1.29 is 4.42 Å². The molecule has 0 saturated heterocycles. The number of aromatic nitrogens is 1. The monoisotopic (exact) mass is 414 g/mol. The van der Waals surface area contributed by atoms with Gasteiger partial charge in [-0.25, -0.2) is 4.42 Å². The average molecular weight is 415 g/mol. The van der Waals surface area contributed by atoms with E-state index in [9.17, 15) is 0 Å². The fourth-order valence-corrected chi connectivity index (χ4v) is 3.79. The first-order valence-corrected chi connectivity index (χ1v) is 10.8. The van der Waals surface area contributed by atoms with E-state index in [0.29, 0.717) is 0 Å². The standard InChI is InChI=1S/C30H24NO/c1-21-3-7-26(8-4-21)29-19-28(20-30(32-29)27-9-5-22(2)6-10-27)24-13-11-23(12-14-24)25-15-17-31-18-16-25/h3-20H,1-2H3/q+1. The maximum atomic E-state index is 6.38. The Balaban J connectivity index is 1.60. The minimum Gasteiger partial charge on any atom is -0.265 e. The number of hydrogen-bond acceptors (Lipinski definition) is 1. The summed E-state index contributed by atoms with van der Waals surface area (Å²) in [6, 6.07) is 33.9. The summed E-state index contributed by atoms with van der Waals surface area (Å²) in [5.74, 6) is 1.72. The largest absolute Gasteiger partial charge is 0.361 e. The van der Waals surface area contributed by atoms with Gasteiger partial charge in [0.25, 0.3) is 0 Å². The molecule has 2 heteroatoms. The van der Waals surface area contributed by atoms with Crippen molar-refractivity contribution in [2.45, 2.75) is 13.8 Å². The van der Waals surface area contributed by atoms with Crippen molar-refractivity contribution in [2.24, 2.45) is 0 Å². The van der Waals surface area contributed by atoms with Crippen LogP contribution in [-0.4, -0.2) is 4.98 Å². The zero-order valence-corrected chi connectivity index (χ0v) is 18.2. The SMILES string of the molecule is Cc1ccc(-c2cc(-c3ccc(-c4ccncc4)cc3)cc(-c3ccc(C)cc3)[o+]2)cc1. The molecule has 2 aromatic heterocycles. The third-order valence-corrected chi connectivity index (χ3v) is 5.70. The van der Waals surface area contributed by atoms with E-state index >= 15 is 0 Å². The molecule has 0 radical (unpaired) electrons. The van der Waals surface area contributed by atoms with Gasteiger partial charge < -0.3 is 0 Å². The number of benzene rings is 3. The molecule has 0 spiro atoms. The number of hydrogen-bond donors (Lipinski definition) is 0. The van der Waals surface area contributed by atoms with E-state index in [2.05, 4.69) is 104 Å². The molecule has 0 N–H and O–H groups in total. The van der Waals surface area contributed by atoms with Crippen molar-refractivity contribution in [3.63, 3.8) is 0 Å². The van der Waals surface area contributed by atoms with Gasteiger partial charge in [-0.15, -0.1) is 0 Å². The Morgan fingerprint density at radius 2 is 0.812 bits per heavy atom. The molecule has 0 amide bonds. The fourth-order valence-electron chi connectivity index (χ4n) is 3.79. The summed E-state index contributed by atoms with van der Waals surface area (Å²) in [6.07, 6.45) is 3.65. The highest BCUT2D eigenvalue weighted by atomic mass is 16.3. The first kappa shape index (κ1) is 19.9. The van der Waals surface area contributed by atoms with E-state index in [1.165, 1.54) is 16.7 Å². The number of nitrogens with zero attached hydrogens (tertiary/aromatic N) is 1. The molecule has 0 aliphatic carbocycles. The normalized spacial score (nSPS) is 10.8. The van der Waals surface area contributed by atoms with Crippen molar-refractivity contribution in [2.75, 3.05) is 0 Å². The van der Waals surface area contributed by atoms with Gasteiger partial charge in [-0.3, -0.25) is 4.98 Å². The molecule has 0 saturated carbocycles. The Labute approximate surface area is 188 Å². The third kappa shape index (κ3) is 4.21. The second-order valence-corrected chi connectivity index (χ2v) is 8.12. The van der Waals surface area contributed by atoms with Crippen LogP contribution in [0.15, 0.2) is 114 Å². The predicted octanol–water partition coefficient (Wildman–Crippen LogP) is 8.24. The van der Waals surface area contributed by atoms with Crippen LogP contribution in [0, 0.1) is 13.8 Å². The second kappa shape index (κ2) is 8.60. The Bertz CT molecular complexity index is 1270. The molecule has 32 heavy (non-hydrogen) atoms. The minimum atomic E-state index is 0.858. The van der Waals surface area contributed by atoms with Crippen LogP contribution in [0.2, 0.25) is 0 Å². The van der Waals surface area contributed by atoms with E-state index in [4.69, 9.17) is 4.42 Å². The number of aryl methyl sites for hydroxylation is 2. The second-order valence-electron chi connectivity index (χ2n) is 8.12. The highest BCUT2D eigenvalue weighted by molar-refractivity contribution is 5.76. The van der Waals surface area contributed by atoms with Gasteiger partial charge >= 0.3 is 11.5 Å². The van der Waals surface area contributed by atoms with Crippen molar-refractivity contribution in [1.82, 2.24) is 4.98 Å². The summed E-state index contributed by atoms with van der Waals surface area (Å²) in [5.41, 5.74) is 9.22. The first-order chi connectivity index (χ1) is 15.7. The van der Waals surface area contributed by atoms with Crippen LogP contribution in [0.5, 0.6) is 0 Å². The van der Waals surface area contributed by atoms with E-state index in [0.717, 1.165) is 39.3 Å². The highest BCUT2D eigenvalue weighted by Crippen LogP contribution is 2.34. The maximum absolute atomic E-state index is 6.38. The van der Waals surface area contributed by atoms with Crippen molar-refractivity contribution in [3.8, 4) is 44.9 Å². The van der Waals surface area contributed by atoms with E-state index in [1.54, 1.807) is 0 Å². The molecule has 2 nitrogen and oxygen atoms in total. The molecule has 2 heterocycles. The van der Waals surface area contributed by atoms with Crippen LogP contribution < -0.4 is 0 Å². The highest BCUT2D eigenvalue weighted by Gasteiger charge is 2.20. The Morgan fingerprint density at radius 1 is 0.438 bits per heavy atom. The summed E-state index contributed by atoms with van der Waals surface area (Å²) in [5, 5.41) is 0. The molecular formula is C30H24NO+. The van der Waals surface area contributed by atoms with Gasteiger partial charge in [0.2, 0.25) is 0 Å². The van der Waals surface area contributed by atoms with Gasteiger partial charge in [-0.05, 0) is 66.9 Å². The van der Waals surface area contributed by atoms with Crippen LogP contribution in [0.3, 0.4) is 0 Å². The molecule has 0 bridgehead atoms. The van der Waals surface area contributed by atoms with Crippen molar-refractivity contribution in [3.05, 3.63) is 121 Å². The molecule has 154 valence electrons. The minimum absolute atomic E-state index is 0.858. The zero-order chi connectivity index (χ0) is 21.9. The molecule has 5 aromatic rings. The average Bonchev–Trinajstić information content (AvgIpc) is 2.85. The zero-order valence-electron chi connectivity index (χ0n) is 18.2. The van der Waals surface area contributed by atoms with E-state index in [1.807, 2.05) is 24.5 Å². The van der Waals surface area contributed by atoms with E-state index < -0.39 is 0 Å². The molecular weight excluding hydrogens is 390 g/mol. The first-order valence-electron chi connectivity index (χ1n) is 10.8. The van der Waals surface area contributed by atoms with Gasteiger partial charge in [0, 0.05) is 18.0 Å². The number of pyridine rings is 1. The molecule has 0 fully saturated rings. The quantitative estimate of drug-likeness (QED) is 0.277. The van der Waals surface area contributed by atoms with Crippen LogP contribution in [0.1, 0.15) is 11.1 Å². The summed E-state index contributed by atoms with van der Waals surface area (Å²) in [7, 11) is 0. The lowest BCUT2D eigenvalue weighted by molar-refractivity contribution is 0.582. The number of rotatable bonds is 4. The molecule has 0 aliphatic heterocycles. The van der Waals surface area contributed by atoms with Crippen LogP contribution in [0.4, 0.5) is 0 Å². The van der Waals surface area contributed by atoms with Gasteiger partial charge in [0.15, 0.2) is 0 Å². The van der Waals surface area contributed by atoms with Crippen molar-refractivity contribution in [1.29, 1.82) is 0 Å². The topological polar surface area (TPSA) is 24.2 Å². The summed E-state index contributed by atoms with van der Waals surface area (Å²) >= 11 is 0. The lowest BCUT2D eigenvalue weighted by atomic mass is 9.98. The Morgan fingerprint density at radius 3 is 1.28 bits per heavy atom. The van der Waals surface area contributed by atoms with E-state index in [-0.39, 0.29) is 0 Å². The lowest BCUT2D eigenvalue weighted by Crippen LogP contribution is -1.87. The third-order valence-electron chi connectivity index (χ3n) is 5.70. The Hall–Kier alpha value is -4.04. The predicted molar refractivity (Wildman–Crippen MR) is 132 cm³/mol. The van der Waals surface area contributed by atoms with Gasteiger partial charge in [0.1, 0.15) is 0 Å². The summed E-state index contributed by atoms with van der Waals surface area (Å²) < 4.78 is 6.38. The summed E-state index contributed by atoms with van der Waals surface area (Å²) in [4.78, 5) is 4.11. The fraction of sp³-hybridized carbons (Fsp3) is 0.0667. The van der Waals surface area contributed by atoms with Crippen molar-refractivity contribution >= 4 is 0 Å². The van der Waals surface area contributed by atoms with Gasteiger partial charge in [-0.2, -0.15) is 0 Å². The molecule has 3 aromatic carbocycles. The van der Waals surface area contributed by atoms with Crippen LogP contribution in [0.25, 0.3) is 44.9 Å². The summed E-state index contributed by atoms with van der Waals surface area (Å²) in [6.45, 7) is 4.19. The van der Waals surface area contributed by atoms with Crippen LogP contribution in [-0.2, 0) is 0 Å². The Kier molecular flexibility index (Phi) is 5.35. The maximum Gasteiger partial charge on any atom is 0.361 e. The van der Waals surface area contributed by atoms with Crippen LogP contribution >= 0.6 is 0 Å². The molecule has 0 atom stereocenters. The lowest BCUT2D eigenvalue weighted by Gasteiger charge is -2.05. The van der Waals surface area contributed by atoms with Gasteiger partial charge in [-0.1, -0.05) is 59.7 Å². The molecule has 0 unspecified atom stereocenters. The molecule has 0 aliphatic rings.